The third-order valence-corrected chi connectivity index (χ3v) is 14.4. The van der Waals surface area contributed by atoms with E-state index in [1.807, 2.05) is 27.7 Å². The number of esters is 4. The summed E-state index contributed by atoms with van der Waals surface area (Å²) in [7, 11) is 0. The van der Waals surface area contributed by atoms with Gasteiger partial charge in [-0.2, -0.15) is 0 Å². The normalized spacial score (nSPS) is 12.8. The van der Waals surface area contributed by atoms with E-state index < -0.39 is 16.1 Å². The standard InChI is InChI=1S/C39H68O8S6/c1-9-13-27-50-36(48)52-30(11-3)32(40)44-23-19-15-16-20-24-45-33(41)31(53-37(49)51-28-14-10-2)29-39(7,8)35(43)47-26-22-18-17-21-25-46-34(42)38(5,6)12-4/h30-31H,9-29H2,1-8H3. The van der Waals surface area contributed by atoms with Gasteiger partial charge in [0, 0.05) is 0 Å². The van der Waals surface area contributed by atoms with Crippen LogP contribution in [0.1, 0.15) is 152 Å². The van der Waals surface area contributed by atoms with Crippen LogP contribution in [0, 0.1) is 10.8 Å². The van der Waals surface area contributed by atoms with Crippen molar-refractivity contribution in [2.24, 2.45) is 10.8 Å². The molecule has 0 saturated heterocycles. The first-order valence-corrected chi connectivity index (χ1v) is 24.0. The van der Waals surface area contributed by atoms with E-state index in [0.29, 0.717) is 42.6 Å². The Kier molecular flexibility index (Phi) is 31.2. The monoisotopic (exact) mass is 856 g/mol. The van der Waals surface area contributed by atoms with Gasteiger partial charge in [-0.15, -0.1) is 23.5 Å². The van der Waals surface area contributed by atoms with E-state index in [1.165, 1.54) is 23.5 Å². The number of hydrogen-bond donors (Lipinski definition) is 0. The second-order valence-electron chi connectivity index (χ2n) is 14.3. The zero-order valence-electron chi connectivity index (χ0n) is 33.7. The summed E-state index contributed by atoms with van der Waals surface area (Å²) >= 11 is 16.9. The molecule has 0 heterocycles. The second kappa shape index (κ2) is 31.5. The van der Waals surface area contributed by atoms with Gasteiger partial charge >= 0.3 is 23.9 Å². The van der Waals surface area contributed by atoms with Crippen molar-refractivity contribution < 1.29 is 38.1 Å². The molecule has 0 aromatic carbocycles. The average Bonchev–Trinajstić information content (AvgIpc) is 3.12. The van der Waals surface area contributed by atoms with Gasteiger partial charge in [0.15, 0.2) is 0 Å². The second-order valence-corrected chi connectivity index (χ2v) is 21.3. The molecule has 14 heteroatoms. The SMILES string of the molecule is CCCCSC(=S)SC(CC)C(=O)OCCCCCCOC(=O)C(CC(C)(C)C(=O)OCCCCCCOC(=O)C(C)(C)CC)SC(=S)SCCCC. The fraction of sp³-hybridized carbons (Fsp3) is 0.846. The number of ether oxygens (including phenoxy) is 4. The number of rotatable bonds is 30. The Morgan fingerprint density at radius 2 is 0.906 bits per heavy atom. The molecule has 0 fully saturated rings. The van der Waals surface area contributed by atoms with E-state index in [9.17, 15) is 19.2 Å². The van der Waals surface area contributed by atoms with Gasteiger partial charge in [-0.05, 0) is 123 Å². The van der Waals surface area contributed by atoms with Crippen LogP contribution in [0.5, 0.6) is 0 Å². The van der Waals surface area contributed by atoms with E-state index >= 15 is 0 Å². The highest BCUT2D eigenvalue weighted by Gasteiger charge is 2.37. The van der Waals surface area contributed by atoms with Crippen molar-refractivity contribution in [1.82, 2.24) is 0 Å². The Morgan fingerprint density at radius 1 is 0.528 bits per heavy atom. The number of thioether (sulfide) groups is 4. The minimum atomic E-state index is -0.911. The lowest BCUT2D eigenvalue weighted by atomic mass is 9.87. The maximum atomic E-state index is 13.3. The Bertz CT molecular complexity index is 1080. The zero-order chi connectivity index (χ0) is 40.1. The molecular weight excluding hydrogens is 789 g/mol. The van der Waals surface area contributed by atoms with Gasteiger partial charge in [-0.3, -0.25) is 19.2 Å². The Hall–Kier alpha value is -0.540. The number of hydrogen-bond acceptors (Lipinski definition) is 14. The lowest BCUT2D eigenvalue weighted by Gasteiger charge is -2.26. The molecule has 53 heavy (non-hydrogen) atoms. The fourth-order valence-electron chi connectivity index (χ4n) is 4.43. The van der Waals surface area contributed by atoms with Crippen molar-refractivity contribution in [3.05, 3.63) is 0 Å². The molecule has 0 aliphatic heterocycles. The highest BCUT2D eigenvalue weighted by molar-refractivity contribution is 8.48. The van der Waals surface area contributed by atoms with E-state index in [0.717, 1.165) is 85.7 Å². The largest absolute Gasteiger partial charge is 0.465 e. The molecule has 0 aromatic heterocycles. The molecule has 8 nitrogen and oxygen atoms in total. The van der Waals surface area contributed by atoms with Gasteiger partial charge < -0.3 is 18.9 Å². The van der Waals surface area contributed by atoms with Crippen molar-refractivity contribution in [2.45, 2.75) is 162 Å². The summed E-state index contributed by atoms with van der Waals surface area (Å²) < 4.78 is 23.7. The van der Waals surface area contributed by atoms with Crippen molar-refractivity contribution >= 4 is 102 Å². The summed E-state index contributed by atoms with van der Waals surface area (Å²) in [5.41, 5.74) is -1.37. The Balaban J connectivity index is 4.69. The minimum absolute atomic E-state index is 0.169. The number of carbonyl (C=O) groups is 4. The van der Waals surface area contributed by atoms with Gasteiger partial charge in [-0.1, -0.05) is 88.5 Å². The predicted octanol–water partition coefficient (Wildman–Crippen LogP) is 11.4. The topological polar surface area (TPSA) is 105 Å². The van der Waals surface area contributed by atoms with Gasteiger partial charge in [-0.25, -0.2) is 0 Å². The average molecular weight is 857 g/mol. The summed E-state index contributed by atoms with van der Waals surface area (Å²) in [5.74, 6) is 0.748. The van der Waals surface area contributed by atoms with Gasteiger partial charge in [0.2, 0.25) is 0 Å². The molecule has 2 atom stereocenters. The zero-order valence-corrected chi connectivity index (χ0v) is 38.6. The fourth-order valence-corrected chi connectivity index (χ4v) is 10.0. The van der Waals surface area contributed by atoms with Crippen LogP contribution in [-0.4, -0.2) is 79.4 Å². The van der Waals surface area contributed by atoms with Crippen LogP contribution in [-0.2, 0) is 38.1 Å². The lowest BCUT2D eigenvalue weighted by Crippen LogP contribution is -2.34. The van der Waals surface area contributed by atoms with Crippen LogP contribution in [0.15, 0.2) is 0 Å². The van der Waals surface area contributed by atoms with Gasteiger partial charge in [0.25, 0.3) is 0 Å². The summed E-state index contributed by atoms with van der Waals surface area (Å²) in [6.45, 7) is 16.9. The molecule has 0 spiro atoms. The van der Waals surface area contributed by atoms with E-state index in [2.05, 4.69) is 13.8 Å². The van der Waals surface area contributed by atoms with Crippen molar-refractivity contribution in [3.8, 4) is 0 Å². The Labute approximate surface area is 349 Å². The molecule has 0 aromatic rings. The Morgan fingerprint density at radius 3 is 1.30 bits per heavy atom. The molecule has 0 amide bonds. The van der Waals surface area contributed by atoms with Gasteiger partial charge in [0.1, 0.15) is 17.6 Å². The maximum Gasteiger partial charge on any atom is 0.319 e. The van der Waals surface area contributed by atoms with Crippen molar-refractivity contribution in [3.63, 3.8) is 0 Å². The third kappa shape index (κ3) is 26.1. The number of unbranched alkanes of at least 4 members (excludes halogenated alkanes) is 8. The minimum Gasteiger partial charge on any atom is -0.465 e. The number of thiocarbonyl (C=S) groups is 2. The highest BCUT2D eigenvalue weighted by Crippen LogP contribution is 2.34. The first kappa shape index (κ1) is 52.5. The van der Waals surface area contributed by atoms with Crippen LogP contribution in [0.3, 0.4) is 0 Å². The van der Waals surface area contributed by atoms with E-state index in [1.54, 1.807) is 37.4 Å². The highest BCUT2D eigenvalue weighted by atomic mass is 32.2. The maximum absolute atomic E-state index is 13.3. The molecular formula is C39H68O8S6. The summed E-state index contributed by atoms with van der Waals surface area (Å²) in [5, 5.41) is -0.897. The first-order valence-electron chi connectivity index (χ1n) is 19.5. The van der Waals surface area contributed by atoms with E-state index in [-0.39, 0.29) is 42.2 Å². The molecule has 0 aliphatic rings. The molecule has 0 N–H and O–H groups in total. The molecule has 0 bridgehead atoms. The molecule has 0 saturated carbocycles. The molecule has 0 aliphatic carbocycles. The lowest BCUT2D eigenvalue weighted by molar-refractivity contribution is -0.156. The van der Waals surface area contributed by atoms with Crippen molar-refractivity contribution in [1.29, 1.82) is 0 Å². The van der Waals surface area contributed by atoms with Gasteiger partial charge in [0.05, 0.1) is 37.3 Å². The smallest absolute Gasteiger partial charge is 0.319 e. The van der Waals surface area contributed by atoms with E-state index in [4.69, 9.17) is 43.4 Å². The third-order valence-electron chi connectivity index (χ3n) is 8.53. The molecule has 0 radical (unpaired) electrons. The molecule has 308 valence electrons. The van der Waals surface area contributed by atoms with Crippen LogP contribution < -0.4 is 0 Å². The van der Waals surface area contributed by atoms with Crippen LogP contribution in [0.4, 0.5) is 0 Å². The summed E-state index contributed by atoms with van der Waals surface area (Å²) in [6.07, 6.45) is 12.3. The molecule has 0 rings (SSSR count). The summed E-state index contributed by atoms with van der Waals surface area (Å²) in [4.78, 5) is 51.0. The number of carbonyl (C=O) groups excluding carboxylic acids is 4. The predicted molar refractivity (Wildman–Crippen MR) is 236 cm³/mol. The van der Waals surface area contributed by atoms with Crippen molar-refractivity contribution in [2.75, 3.05) is 37.9 Å². The van der Waals surface area contributed by atoms with Crippen LogP contribution >= 0.6 is 71.5 Å². The molecule has 2 unspecified atom stereocenters. The van der Waals surface area contributed by atoms with Crippen LogP contribution in [0.2, 0.25) is 0 Å². The van der Waals surface area contributed by atoms with Crippen LogP contribution in [0.25, 0.3) is 0 Å². The summed E-state index contributed by atoms with van der Waals surface area (Å²) in [6, 6.07) is 0. The first-order chi connectivity index (χ1) is 25.1. The quantitative estimate of drug-likeness (QED) is 0.0296.